The molecule has 0 unspecified atom stereocenters. The van der Waals surface area contributed by atoms with Crippen molar-refractivity contribution in [3.63, 3.8) is 0 Å². The van der Waals surface area contributed by atoms with Crippen molar-refractivity contribution in [1.82, 2.24) is 4.98 Å². The van der Waals surface area contributed by atoms with E-state index in [1.807, 2.05) is 0 Å². The Labute approximate surface area is 74.0 Å². The van der Waals surface area contributed by atoms with E-state index >= 15 is 0 Å². The predicted octanol–water partition coefficient (Wildman–Crippen LogP) is 0.993. The summed E-state index contributed by atoms with van der Waals surface area (Å²) < 4.78 is 17.6. The highest BCUT2D eigenvalue weighted by Crippen LogP contribution is 2.18. The molecule has 0 spiro atoms. The number of carboxylic acids is 1. The highest BCUT2D eigenvalue weighted by Gasteiger charge is 2.22. The molecule has 0 aliphatic heterocycles. The van der Waals surface area contributed by atoms with Crippen molar-refractivity contribution in [3.8, 4) is 0 Å². The van der Waals surface area contributed by atoms with E-state index in [1.54, 1.807) is 0 Å². The quantitative estimate of drug-likeness (QED) is 0.762. The highest BCUT2D eigenvalue weighted by molar-refractivity contribution is 5.74. The van der Waals surface area contributed by atoms with Crippen molar-refractivity contribution in [3.05, 3.63) is 29.8 Å². The molecule has 1 N–H and O–H groups in total. The van der Waals surface area contributed by atoms with Crippen LogP contribution in [0.15, 0.2) is 18.5 Å². The van der Waals surface area contributed by atoms with Crippen LogP contribution in [0.1, 0.15) is 11.7 Å². The van der Waals surface area contributed by atoms with Gasteiger partial charge in [-0.25, -0.2) is 9.18 Å². The van der Waals surface area contributed by atoms with E-state index in [0.717, 1.165) is 6.20 Å². The van der Waals surface area contributed by atoms with Crippen LogP contribution in [0.5, 0.6) is 0 Å². The molecule has 0 fully saturated rings. The molecule has 0 aromatic carbocycles. The Morgan fingerprint density at radius 2 is 2.46 bits per heavy atom. The number of aromatic nitrogens is 1. The van der Waals surface area contributed by atoms with Gasteiger partial charge < -0.3 is 9.84 Å². The van der Waals surface area contributed by atoms with Crippen LogP contribution in [0.2, 0.25) is 0 Å². The van der Waals surface area contributed by atoms with Crippen LogP contribution >= 0.6 is 0 Å². The Bertz CT molecular complexity index is 316. The third kappa shape index (κ3) is 2.00. The monoisotopic (exact) mass is 185 g/mol. The summed E-state index contributed by atoms with van der Waals surface area (Å²) in [7, 11) is 1.21. The van der Waals surface area contributed by atoms with Crippen LogP contribution in [0, 0.1) is 5.82 Å². The minimum Gasteiger partial charge on any atom is -0.479 e. The standard InChI is InChI=1S/C8H8FNO3/c1-13-7(8(11)12)5-2-3-10-4-6(5)9/h2-4,7H,1H3,(H,11,12)/t7-/m1/s1. The molecule has 0 aliphatic rings. The third-order valence-electron chi connectivity index (χ3n) is 1.55. The van der Waals surface area contributed by atoms with Gasteiger partial charge in [0.15, 0.2) is 6.10 Å². The van der Waals surface area contributed by atoms with E-state index in [1.165, 1.54) is 19.4 Å². The van der Waals surface area contributed by atoms with Gasteiger partial charge in [0.05, 0.1) is 6.20 Å². The van der Waals surface area contributed by atoms with Gasteiger partial charge in [0, 0.05) is 18.9 Å². The summed E-state index contributed by atoms with van der Waals surface area (Å²) in [5.41, 5.74) is -0.0231. The summed E-state index contributed by atoms with van der Waals surface area (Å²) in [6, 6.07) is 1.28. The van der Waals surface area contributed by atoms with Crippen LogP contribution < -0.4 is 0 Å². The van der Waals surface area contributed by atoms with E-state index in [4.69, 9.17) is 5.11 Å². The Hall–Kier alpha value is -1.49. The number of hydrogen-bond donors (Lipinski definition) is 1. The molecule has 0 radical (unpaired) electrons. The fraction of sp³-hybridized carbons (Fsp3) is 0.250. The first-order chi connectivity index (χ1) is 6.16. The maximum absolute atomic E-state index is 13.0. The molecule has 4 nitrogen and oxygen atoms in total. The van der Waals surface area contributed by atoms with Crippen LogP contribution in [0.4, 0.5) is 4.39 Å². The molecule has 0 bridgehead atoms. The molecule has 70 valence electrons. The number of hydrogen-bond acceptors (Lipinski definition) is 3. The number of nitrogens with zero attached hydrogens (tertiary/aromatic N) is 1. The van der Waals surface area contributed by atoms with Gasteiger partial charge in [-0.3, -0.25) is 4.98 Å². The summed E-state index contributed by atoms with van der Waals surface area (Å²) in [4.78, 5) is 14.1. The number of carbonyl (C=O) groups is 1. The minimum absolute atomic E-state index is 0.0231. The summed E-state index contributed by atoms with van der Waals surface area (Å²) in [5, 5.41) is 8.64. The number of carboxylic acid groups (broad SMARTS) is 1. The van der Waals surface area contributed by atoms with E-state index in [0.29, 0.717) is 0 Å². The fourth-order valence-corrected chi connectivity index (χ4v) is 0.959. The van der Waals surface area contributed by atoms with E-state index in [9.17, 15) is 9.18 Å². The molecule has 0 saturated heterocycles. The van der Waals surface area contributed by atoms with Gasteiger partial charge in [-0.1, -0.05) is 0 Å². The first-order valence-electron chi connectivity index (χ1n) is 3.52. The number of ether oxygens (including phenoxy) is 1. The zero-order chi connectivity index (χ0) is 9.84. The lowest BCUT2D eigenvalue weighted by molar-refractivity contribution is -0.149. The average molecular weight is 185 g/mol. The van der Waals surface area contributed by atoms with Crippen molar-refractivity contribution < 1.29 is 19.0 Å². The average Bonchev–Trinajstić information content (AvgIpc) is 2.09. The van der Waals surface area contributed by atoms with Crippen molar-refractivity contribution >= 4 is 5.97 Å². The largest absolute Gasteiger partial charge is 0.479 e. The molecule has 1 atom stereocenters. The van der Waals surface area contributed by atoms with Gasteiger partial charge in [0.25, 0.3) is 0 Å². The Balaban J connectivity index is 3.04. The van der Waals surface area contributed by atoms with E-state index in [-0.39, 0.29) is 5.56 Å². The molecule has 1 rings (SSSR count). The molecule has 13 heavy (non-hydrogen) atoms. The van der Waals surface area contributed by atoms with Crippen molar-refractivity contribution in [2.75, 3.05) is 7.11 Å². The van der Waals surface area contributed by atoms with Gasteiger partial charge in [0.1, 0.15) is 5.82 Å². The Morgan fingerprint density at radius 3 is 2.92 bits per heavy atom. The molecule has 5 heteroatoms. The number of aliphatic carboxylic acids is 1. The Kier molecular flexibility index (Phi) is 2.92. The number of rotatable bonds is 3. The van der Waals surface area contributed by atoms with Crippen LogP contribution in [-0.4, -0.2) is 23.2 Å². The number of methoxy groups -OCH3 is 1. The molecular weight excluding hydrogens is 177 g/mol. The summed E-state index contributed by atoms with van der Waals surface area (Å²) in [5.74, 6) is -1.91. The lowest BCUT2D eigenvalue weighted by Gasteiger charge is -2.10. The number of halogens is 1. The van der Waals surface area contributed by atoms with Crippen LogP contribution in [0.3, 0.4) is 0 Å². The maximum atomic E-state index is 13.0. The zero-order valence-electron chi connectivity index (χ0n) is 6.90. The number of pyridine rings is 1. The SMILES string of the molecule is CO[C@@H](C(=O)O)c1ccncc1F. The van der Waals surface area contributed by atoms with Crippen molar-refractivity contribution in [2.45, 2.75) is 6.10 Å². The van der Waals surface area contributed by atoms with Gasteiger partial charge in [0.2, 0.25) is 0 Å². The van der Waals surface area contributed by atoms with Gasteiger partial charge >= 0.3 is 5.97 Å². The van der Waals surface area contributed by atoms with Gasteiger partial charge in [-0.2, -0.15) is 0 Å². The van der Waals surface area contributed by atoms with Crippen LogP contribution in [0.25, 0.3) is 0 Å². The molecule has 1 aromatic heterocycles. The minimum atomic E-state index is -1.28. The van der Waals surface area contributed by atoms with Gasteiger partial charge in [-0.05, 0) is 6.07 Å². The molecule has 0 amide bonds. The van der Waals surface area contributed by atoms with Crippen molar-refractivity contribution in [1.29, 1.82) is 0 Å². The lowest BCUT2D eigenvalue weighted by atomic mass is 10.1. The molecular formula is C8H8FNO3. The van der Waals surface area contributed by atoms with Crippen LogP contribution in [-0.2, 0) is 9.53 Å². The molecule has 1 aromatic rings. The topological polar surface area (TPSA) is 59.4 Å². The Morgan fingerprint density at radius 1 is 1.77 bits per heavy atom. The van der Waals surface area contributed by atoms with Gasteiger partial charge in [-0.15, -0.1) is 0 Å². The molecule has 0 aliphatic carbocycles. The molecule has 0 saturated carbocycles. The van der Waals surface area contributed by atoms with E-state index in [2.05, 4.69) is 9.72 Å². The smallest absolute Gasteiger partial charge is 0.337 e. The fourth-order valence-electron chi connectivity index (χ4n) is 0.959. The summed E-state index contributed by atoms with van der Waals surface area (Å²) >= 11 is 0. The lowest BCUT2D eigenvalue weighted by Crippen LogP contribution is -2.15. The second kappa shape index (κ2) is 3.95. The predicted molar refractivity (Wildman–Crippen MR) is 41.6 cm³/mol. The molecule has 1 heterocycles. The first-order valence-corrected chi connectivity index (χ1v) is 3.52. The normalized spacial score (nSPS) is 12.5. The zero-order valence-corrected chi connectivity index (χ0v) is 6.90. The summed E-state index contributed by atoms with van der Waals surface area (Å²) in [6.07, 6.45) is 0.987. The van der Waals surface area contributed by atoms with E-state index < -0.39 is 17.9 Å². The third-order valence-corrected chi connectivity index (χ3v) is 1.55. The first kappa shape index (κ1) is 9.60. The second-order valence-electron chi connectivity index (χ2n) is 2.35. The maximum Gasteiger partial charge on any atom is 0.337 e. The summed E-state index contributed by atoms with van der Waals surface area (Å²) in [6.45, 7) is 0. The van der Waals surface area contributed by atoms with Crippen molar-refractivity contribution in [2.24, 2.45) is 0 Å². The highest BCUT2D eigenvalue weighted by atomic mass is 19.1. The second-order valence-corrected chi connectivity index (χ2v) is 2.35.